The molecule has 0 aromatic heterocycles. The smallest absolute Gasteiger partial charge is 0.122 e. The zero-order valence-corrected chi connectivity index (χ0v) is 22.3. The molecule has 3 nitrogen and oxygen atoms in total. The lowest BCUT2D eigenvalue weighted by Crippen LogP contribution is -2.25. The van der Waals surface area contributed by atoms with Crippen LogP contribution in [0.25, 0.3) is 0 Å². The number of ether oxygens (including phenoxy) is 2. The third kappa shape index (κ3) is 5.18. The maximum Gasteiger partial charge on any atom is 0.122 e. The van der Waals surface area contributed by atoms with Crippen LogP contribution in [0.15, 0.2) is 66.5 Å². The van der Waals surface area contributed by atoms with E-state index in [1.54, 1.807) is 5.56 Å². The molecule has 0 saturated carbocycles. The summed E-state index contributed by atoms with van der Waals surface area (Å²) in [5.74, 6) is 2.76. The van der Waals surface area contributed by atoms with Crippen LogP contribution in [-0.2, 0) is 30.5 Å². The summed E-state index contributed by atoms with van der Waals surface area (Å²) in [7, 11) is 0. The minimum absolute atomic E-state index is 0.433. The Morgan fingerprint density at radius 1 is 1.03 bits per heavy atom. The summed E-state index contributed by atoms with van der Waals surface area (Å²) in [6, 6.07) is 12.2. The predicted octanol–water partition coefficient (Wildman–Crippen LogP) is 7.42. The Hall–Kier alpha value is -2.78. The number of allylic oxidation sites excluding steroid dienone is 4. The van der Waals surface area contributed by atoms with Crippen molar-refractivity contribution in [3.05, 3.63) is 99.9 Å². The number of aryl methyl sites for hydroxylation is 3. The molecule has 3 aliphatic rings. The molecule has 3 aliphatic heterocycles. The average molecular weight is 484 g/mol. The van der Waals surface area contributed by atoms with Crippen molar-refractivity contribution < 1.29 is 9.47 Å². The molecule has 0 radical (unpaired) electrons. The maximum atomic E-state index is 5.95. The lowest BCUT2D eigenvalue weighted by Gasteiger charge is -2.28. The molecule has 0 amide bonds. The highest BCUT2D eigenvalue weighted by Gasteiger charge is 2.34. The van der Waals surface area contributed by atoms with Gasteiger partial charge in [-0.3, -0.25) is 4.90 Å². The van der Waals surface area contributed by atoms with Gasteiger partial charge in [-0.05, 0) is 84.1 Å². The first-order valence-corrected chi connectivity index (χ1v) is 13.8. The standard InChI is InChI=1S/C33H41NO2/c1-5-8-27-13-15-35-32(27)11-9-24-19-31(28-10-12-33-29(20-28)14-16-36-33)34(21-24)22-30-25(6-2)17-23(4)18-26(30)7-3/h5,8,10-12,17-18,20,24,31H,1,6-7,9,13-16,19,21-22H2,2-4H3/b27-8-,32-11+/t24?,31-/m1/s1. The summed E-state index contributed by atoms with van der Waals surface area (Å²) >= 11 is 0. The monoisotopic (exact) mass is 483 g/mol. The molecular formula is C33H41NO2. The fourth-order valence-corrected chi connectivity index (χ4v) is 6.37. The average Bonchev–Trinajstić information content (AvgIpc) is 3.63. The highest BCUT2D eigenvalue weighted by Crippen LogP contribution is 2.41. The Kier molecular flexibility index (Phi) is 7.67. The van der Waals surface area contributed by atoms with Gasteiger partial charge in [0.15, 0.2) is 0 Å². The Labute approximate surface area is 217 Å². The van der Waals surface area contributed by atoms with Crippen molar-refractivity contribution in [1.29, 1.82) is 0 Å². The molecule has 0 bridgehead atoms. The molecule has 0 N–H and O–H groups in total. The van der Waals surface area contributed by atoms with E-state index in [1.807, 2.05) is 6.08 Å². The van der Waals surface area contributed by atoms with Gasteiger partial charge in [-0.1, -0.05) is 62.4 Å². The lowest BCUT2D eigenvalue weighted by molar-refractivity contribution is 0.242. The van der Waals surface area contributed by atoms with Crippen molar-refractivity contribution >= 4 is 0 Å². The van der Waals surface area contributed by atoms with Gasteiger partial charge in [0.2, 0.25) is 0 Å². The van der Waals surface area contributed by atoms with Crippen LogP contribution in [0.4, 0.5) is 0 Å². The van der Waals surface area contributed by atoms with Gasteiger partial charge in [0.05, 0.1) is 13.2 Å². The van der Waals surface area contributed by atoms with Gasteiger partial charge in [0, 0.05) is 32.0 Å². The third-order valence-corrected chi connectivity index (χ3v) is 8.19. The molecule has 2 atom stereocenters. The van der Waals surface area contributed by atoms with E-state index < -0.39 is 0 Å². The molecule has 5 rings (SSSR count). The SMILES string of the molecule is C=C/C=C1/CCO/C1=C/CC1C[C@H](c2ccc3c(c2)CCO3)N(Cc2c(CC)cc(C)cc2CC)C1. The summed E-state index contributed by atoms with van der Waals surface area (Å²) in [6.07, 6.45) is 12.7. The van der Waals surface area contributed by atoms with E-state index in [0.717, 1.165) is 69.9 Å². The number of hydrogen-bond donors (Lipinski definition) is 0. The minimum atomic E-state index is 0.433. The first kappa shape index (κ1) is 24.9. The molecular weight excluding hydrogens is 442 g/mol. The Morgan fingerprint density at radius 2 is 1.81 bits per heavy atom. The van der Waals surface area contributed by atoms with Crippen molar-refractivity contribution in [3.8, 4) is 5.75 Å². The molecule has 0 spiro atoms. The van der Waals surface area contributed by atoms with E-state index in [1.165, 1.54) is 39.8 Å². The van der Waals surface area contributed by atoms with Crippen LogP contribution in [0.5, 0.6) is 5.75 Å². The third-order valence-electron chi connectivity index (χ3n) is 8.19. The molecule has 2 saturated heterocycles. The van der Waals surface area contributed by atoms with Crippen molar-refractivity contribution in [1.82, 2.24) is 4.90 Å². The minimum Gasteiger partial charge on any atom is -0.493 e. The summed E-state index contributed by atoms with van der Waals surface area (Å²) in [4.78, 5) is 2.75. The van der Waals surface area contributed by atoms with Crippen LogP contribution in [0.1, 0.15) is 72.5 Å². The van der Waals surface area contributed by atoms with Gasteiger partial charge in [0.1, 0.15) is 11.5 Å². The largest absolute Gasteiger partial charge is 0.493 e. The molecule has 2 aromatic carbocycles. The fraction of sp³-hybridized carbons (Fsp3) is 0.455. The molecule has 36 heavy (non-hydrogen) atoms. The fourth-order valence-electron chi connectivity index (χ4n) is 6.37. The van der Waals surface area contributed by atoms with Gasteiger partial charge < -0.3 is 9.47 Å². The van der Waals surface area contributed by atoms with E-state index in [2.05, 4.69) is 74.7 Å². The van der Waals surface area contributed by atoms with Crippen LogP contribution in [-0.4, -0.2) is 24.7 Å². The summed E-state index contributed by atoms with van der Waals surface area (Å²) in [5, 5.41) is 0. The van der Waals surface area contributed by atoms with E-state index in [4.69, 9.17) is 9.47 Å². The lowest BCUT2D eigenvalue weighted by atomic mass is 9.93. The van der Waals surface area contributed by atoms with E-state index >= 15 is 0 Å². The van der Waals surface area contributed by atoms with Crippen molar-refractivity contribution in [3.63, 3.8) is 0 Å². The topological polar surface area (TPSA) is 21.7 Å². The highest BCUT2D eigenvalue weighted by atomic mass is 16.5. The molecule has 2 fully saturated rings. The number of fused-ring (bicyclic) bond motifs is 1. The van der Waals surface area contributed by atoms with E-state index in [0.29, 0.717) is 12.0 Å². The van der Waals surface area contributed by atoms with Crippen molar-refractivity contribution in [2.24, 2.45) is 5.92 Å². The van der Waals surface area contributed by atoms with Crippen molar-refractivity contribution in [2.75, 3.05) is 19.8 Å². The van der Waals surface area contributed by atoms with Gasteiger partial charge >= 0.3 is 0 Å². The van der Waals surface area contributed by atoms with Gasteiger partial charge in [0.25, 0.3) is 0 Å². The second-order valence-electron chi connectivity index (χ2n) is 10.6. The van der Waals surface area contributed by atoms with Crippen LogP contribution in [0, 0.1) is 12.8 Å². The zero-order valence-electron chi connectivity index (χ0n) is 22.3. The van der Waals surface area contributed by atoms with Gasteiger partial charge in [-0.2, -0.15) is 0 Å². The maximum absolute atomic E-state index is 5.95. The Bertz CT molecular complexity index is 1150. The molecule has 190 valence electrons. The summed E-state index contributed by atoms with van der Waals surface area (Å²) in [5.41, 5.74) is 10.1. The number of nitrogens with zero attached hydrogens (tertiary/aromatic N) is 1. The second-order valence-corrected chi connectivity index (χ2v) is 10.6. The van der Waals surface area contributed by atoms with Crippen LogP contribution < -0.4 is 4.74 Å². The number of likely N-dealkylation sites (tertiary alicyclic amines) is 1. The number of benzene rings is 2. The quantitative estimate of drug-likeness (QED) is 0.390. The number of rotatable bonds is 8. The first-order valence-electron chi connectivity index (χ1n) is 13.8. The van der Waals surface area contributed by atoms with Gasteiger partial charge in [-0.15, -0.1) is 0 Å². The second kappa shape index (κ2) is 11.1. The zero-order chi connectivity index (χ0) is 25.1. The molecule has 1 unspecified atom stereocenters. The Morgan fingerprint density at radius 3 is 2.56 bits per heavy atom. The molecule has 3 heteroatoms. The van der Waals surface area contributed by atoms with E-state index in [-0.39, 0.29) is 0 Å². The van der Waals surface area contributed by atoms with Crippen LogP contribution in [0.2, 0.25) is 0 Å². The van der Waals surface area contributed by atoms with Crippen LogP contribution >= 0.6 is 0 Å². The number of hydrogen-bond acceptors (Lipinski definition) is 3. The normalized spacial score (nSPS) is 23.8. The van der Waals surface area contributed by atoms with Crippen molar-refractivity contribution in [2.45, 2.75) is 71.9 Å². The van der Waals surface area contributed by atoms with Crippen LogP contribution in [0.3, 0.4) is 0 Å². The molecule has 2 aromatic rings. The highest BCUT2D eigenvalue weighted by molar-refractivity contribution is 5.42. The molecule has 3 heterocycles. The van der Waals surface area contributed by atoms with Gasteiger partial charge in [-0.25, -0.2) is 0 Å². The predicted molar refractivity (Wildman–Crippen MR) is 148 cm³/mol. The summed E-state index contributed by atoms with van der Waals surface area (Å²) < 4.78 is 11.8. The summed E-state index contributed by atoms with van der Waals surface area (Å²) in [6.45, 7) is 14.4. The Balaban J connectivity index is 1.43. The molecule has 0 aliphatic carbocycles. The first-order chi connectivity index (χ1) is 17.6. The van der Waals surface area contributed by atoms with E-state index in [9.17, 15) is 0 Å².